The molecule has 1 unspecified atom stereocenters. The smallest absolute Gasteiger partial charge is 0.322 e. The van der Waals surface area contributed by atoms with E-state index in [-0.39, 0.29) is 17.9 Å². The zero-order valence-corrected chi connectivity index (χ0v) is 14.9. The molecular weight excluding hydrogens is 366 g/mol. The van der Waals surface area contributed by atoms with Crippen LogP contribution in [0.3, 0.4) is 0 Å². The minimum absolute atomic E-state index is 0.327. The maximum absolute atomic E-state index is 13.4. The summed E-state index contributed by atoms with van der Waals surface area (Å²) in [7, 11) is 0. The second-order valence-corrected chi connectivity index (χ2v) is 6.61. The van der Waals surface area contributed by atoms with Crippen molar-refractivity contribution in [3.63, 3.8) is 0 Å². The Bertz CT molecular complexity index is 974. The number of carbonyl (C=O) groups is 1. The molecule has 0 radical (unpaired) electrons. The molecule has 1 aromatic heterocycles. The second kappa shape index (κ2) is 7.75. The molecule has 0 bridgehead atoms. The number of hydrogen-bond donors (Lipinski definition) is 1. The van der Waals surface area contributed by atoms with Crippen molar-refractivity contribution in [3.05, 3.63) is 66.1 Å². The van der Waals surface area contributed by atoms with Gasteiger partial charge in [-0.05, 0) is 61.7 Å². The molecule has 3 aromatic rings. The molecule has 1 fully saturated rings. The molecule has 1 aliphatic heterocycles. The average molecular weight is 384 g/mol. The van der Waals surface area contributed by atoms with E-state index in [2.05, 4.69) is 15.5 Å². The van der Waals surface area contributed by atoms with E-state index in [0.29, 0.717) is 35.9 Å². The highest BCUT2D eigenvalue weighted by atomic mass is 19.1. The summed E-state index contributed by atoms with van der Waals surface area (Å²) < 4.78 is 31.9. The molecule has 0 saturated carbocycles. The van der Waals surface area contributed by atoms with Crippen molar-refractivity contribution >= 4 is 11.7 Å². The number of nitrogens with zero attached hydrogens (tertiary/aromatic N) is 3. The van der Waals surface area contributed by atoms with Gasteiger partial charge in [0.25, 0.3) is 0 Å². The maximum atomic E-state index is 13.4. The lowest BCUT2D eigenvalue weighted by Gasteiger charge is -2.33. The summed E-state index contributed by atoms with van der Waals surface area (Å²) in [5, 5.41) is 6.68. The zero-order chi connectivity index (χ0) is 19.5. The molecule has 6 nitrogen and oxygen atoms in total. The first-order valence-electron chi connectivity index (χ1n) is 9.03. The van der Waals surface area contributed by atoms with Crippen LogP contribution < -0.4 is 5.32 Å². The summed E-state index contributed by atoms with van der Waals surface area (Å²) in [4.78, 5) is 18.8. The average Bonchev–Trinajstić information content (AvgIpc) is 3.18. The van der Waals surface area contributed by atoms with Crippen LogP contribution in [0.25, 0.3) is 11.4 Å². The number of carbonyl (C=O) groups excluding carboxylic acids is 1. The van der Waals surface area contributed by atoms with E-state index in [1.165, 1.54) is 30.3 Å². The third-order valence-corrected chi connectivity index (χ3v) is 4.67. The van der Waals surface area contributed by atoms with Crippen LogP contribution in [-0.4, -0.2) is 27.6 Å². The van der Waals surface area contributed by atoms with Crippen LogP contribution in [0.4, 0.5) is 19.3 Å². The summed E-state index contributed by atoms with van der Waals surface area (Å²) in [6, 6.07) is 10.8. The number of piperidine rings is 1. The topological polar surface area (TPSA) is 71.3 Å². The third kappa shape index (κ3) is 3.85. The summed E-state index contributed by atoms with van der Waals surface area (Å²) in [6.07, 6.45) is 2.45. The van der Waals surface area contributed by atoms with Gasteiger partial charge in [0.2, 0.25) is 11.7 Å². The number of benzene rings is 2. The van der Waals surface area contributed by atoms with Gasteiger partial charge >= 0.3 is 6.03 Å². The molecule has 2 heterocycles. The van der Waals surface area contributed by atoms with Gasteiger partial charge in [-0.2, -0.15) is 4.98 Å². The van der Waals surface area contributed by atoms with Gasteiger partial charge in [-0.1, -0.05) is 11.2 Å². The van der Waals surface area contributed by atoms with Gasteiger partial charge in [0.15, 0.2) is 0 Å². The predicted octanol–water partition coefficient (Wildman–Crippen LogP) is 4.77. The van der Waals surface area contributed by atoms with Gasteiger partial charge in [0.05, 0.1) is 0 Å². The van der Waals surface area contributed by atoms with Crippen molar-refractivity contribution in [1.82, 2.24) is 15.0 Å². The largest absolute Gasteiger partial charge is 0.337 e. The van der Waals surface area contributed by atoms with Crippen LogP contribution in [0.2, 0.25) is 0 Å². The van der Waals surface area contributed by atoms with Gasteiger partial charge in [-0.25, -0.2) is 13.6 Å². The fourth-order valence-corrected chi connectivity index (χ4v) is 3.28. The molecule has 1 saturated heterocycles. The minimum atomic E-state index is -0.422. The standard InChI is InChI=1S/C20H18F2N4O2/c21-14-9-7-13(8-10-14)18-24-19(28-25-18)17-6-1-2-11-26(17)20(27)23-16-5-3-4-15(22)12-16/h3-5,7-10,12,17H,1-2,6,11H2,(H,23,27). The predicted molar refractivity (Wildman–Crippen MR) is 98.4 cm³/mol. The second-order valence-electron chi connectivity index (χ2n) is 6.61. The molecule has 2 amide bonds. The van der Waals surface area contributed by atoms with Crippen LogP contribution in [-0.2, 0) is 0 Å². The first-order valence-corrected chi connectivity index (χ1v) is 9.03. The Morgan fingerprint density at radius 3 is 2.71 bits per heavy atom. The number of urea groups is 1. The van der Waals surface area contributed by atoms with E-state index in [1.807, 2.05) is 0 Å². The van der Waals surface area contributed by atoms with E-state index in [1.54, 1.807) is 23.1 Å². The van der Waals surface area contributed by atoms with Crippen molar-refractivity contribution in [1.29, 1.82) is 0 Å². The number of rotatable bonds is 3. The van der Waals surface area contributed by atoms with E-state index in [0.717, 1.165) is 12.8 Å². The van der Waals surface area contributed by atoms with Crippen LogP contribution >= 0.6 is 0 Å². The number of hydrogen-bond acceptors (Lipinski definition) is 4. The lowest BCUT2D eigenvalue weighted by atomic mass is 10.0. The van der Waals surface area contributed by atoms with Gasteiger partial charge in [-0.3, -0.25) is 0 Å². The number of halogens is 2. The third-order valence-electron chi connectivity index (χ3n) is 4.67. The molecule has 1 aliphatic rings. The lowest BCUT2D eigenvalue weighted by molar-refractivity contribution is 0.142. The minimum Gasteiger partial charge on any atom is -0.337 e. The number of nitrogens with one attached hydrogen (secondary N) is 1. The van der Waals surface area contributed by atoms with Crippen LogP contribution in [0.1, 0.15) is 31.2 Å². The molecule has 8 heteroatoms. The molecular formula is C20H18F2N4O2. The van der Waals surface area contributed by atoms with Crippen molar-refractivity contribution in [2.24, 2.45) is 0 Å². The highest BCUT2D eigenvalue weighted by molar-refractivity contribution is 5.89. The van der Waals surface area contributed by atoms with Crippen molar-refractivity contribution in [2.45, 2.75) is 25.3 Å². The highest BCUT2D eigenvalue weighted by Crippen LogP contribution is 2.31. The fourth-order valence-electron chi connectivity index (χ4n) is 3.28. The first kappa shape index (κ1) is 18.1. The van der Waals surface area contributed by atoms with Crippen molar-refractivity contribution < 1.29 is 18.1 Å². The van der Waals surface area contributed by atoms with Crippen molar-refractivity contribution in [3.8, 4) is 11.4 Å². The Balaban J connectivity index is 1.54. The van der Waals surface area contributed by atoms with Crippen LogP contribution in [0.5, 0.6) is 0 Å². The molecule has 4 rings (SSSR count). The molecule has 2 aromatic carbocycles. The molecule has 28 heavy (non-hydrogen) atoms. The monoisotopic (exact) mass is 384 g/mol. The Kier molecular flexibility index (Phi) is 5.01. The number of aromatic nitrogens is 2. The van der Waals surface area contributed by atoms with E-state index < -0.39 is 5.82 Å². The summed E-state index contributed by atoms with van der Waals surface area (Å²) in [5.74, 6) is -0.103. The van der Waals surface area contributed by atoms with Gasteiger partial charge in [-0.15, -0.1) is 0 Å². The normalized spacial score (nSPS) is 16.8. The summed E-state index contributed by atoms with van der Waals surface area (Å²) in [6.45, 7) is 0.528. The van der Waals surface area contributed by atoms with Gasteiger partial charge in [0.1, 0.15) is 17.7 Å². The number of amides is 2. The zero-order valence-electron chi connectivity index (χ0n) is 14.9. The molecule has 0 spiro atoms. The fraction of sp³-hybridized carbons (Fsp3) is 0.250. The highest BCUT2D eigenvalue weighted by Gasteiger charge is 2.32. The van der Waals surface area contributed by atoms with E-state index >= 15 is 0 Å². The van der Waals surface area contributed by atoms with E-state index in [9.17, 15) is 13.6 Å². The Labute approximate surface area is 160 Å². The van der Waals surface area contributed by atoms with Gasteiger partial charge < -0.3 is 14.7 Å². The molecule has 0 aliphatic carbocycles. The van der Waals surface area contributed by atoms with Crippen LogP contribution in [0, 0.1) is 11.6 Å². The molecule has 144 valence electrons. The Hall–Kier alpha value is -3.29. The lowest BCUT2D eigenvalue weighted by Crippen LogP contribution is -2.41. The maximum Gasteiger partial charge on any atom is 0.322 e. The van der Waals surface area contributed by atoms with E-state index in [4.69, 9.17) is 4.52 Å². The van der Waals surface area contributed by atoms with Crippen LogP contribution in [0.15, 0.2) is 53.1 Å². The number of anilines is 1. The van der Waals surface area contributed by atoms with Gasteiger partial charge in [0, 0.05) is 17.8 Å². The van der Waals surface area contributed by atoms with Crippen molar-refractivity contribution in [2.75, 3.05) is 11.9 Å². The summed E-state index contributed by atoms with van der Waals surface area (Å²) in [5.41, 5.74) is 1.01. The molecule has 1 atom stereocenters. The first-order chi connectivity index (χ1) is 13.6. The number of likely N-dealkylation sites (tertiary alicyclic amines) is 1. The quantitative estimate of drug-likeness (QED) is 0.706. The molecule has 1 N–H and O–H groups in total. The Morgan fingerprint density at radius 2 is 1.93 bits per heavy atom. The summed E-state index contributed by atoms with van der Waals surface area (Å²) >= 11 is 0. The Morgan fingerprint density at radius 1 is 1.11 bits per heavy atom. The SMILES string of the molecule is O=C(Nc1cccc(F)c1)N1CCCCC1c1nc(-c2ccc(F)cc2)no1.